The van der Waals surface area contributed by atoms with Gasteiger partial charge < -0.3 is 46.5 Å². The maximum atomic E-state index is 12.6. The van der Waals surface area contributed by atoms with Crippen LogP contribution in [0, 0.1) is 0 Å². The summed E-state index contributed by atoms with van der Waals surface area (Å²) in [6, 6.07) is 6.73. The van der Waals surface area contributed by atoms with Crippen molar-refractivity contribution >= 4 is 23.6 Å². The number of alkyl carbamates (subject to hydrolysis) is 1. The Kier molecular flexibility index (Phi) is 12.6. The Morgan fingerprint density at radius 1 is 1.08 bits per heavy atom. The van der Waals surface area contributed by atoms with Crippen LogP contribution in [0.15, 0.2) is 48.1 Å². The van der Waals surface area contributed by atoms with Crippen LogP contribution in [0.2, 0.25) is 0 Å². The number of hydrogen-bond donors (Lipinski definition) is 5. The molecule has 12 heteroatoms. The number of allylic oxidation sites excluding steroid dienone is 2. The number of ether oxygens (including phenoxy) is 3. The van der Waals surface area contributed by atoms with Crippen LogP contribution < -0.4 is 27.4 Å². The molecule has 0 aromatic heterocycles. The van der Waals surface area contributed by atoms with Gasteiger partial charge in [-0.15, -0.1) is 0 Å². The Balaban J connectivity index is 1.68. The third kappa shape index (κ3) is 12.5. The maximum Gasteiger partial charge on any atom is 0.407 e. The van der Waals surface area contributed by atoms with Gasteiger partial charge in [0, 0.05) is 31.8 Å². The highest BCUT2D eigenvalue weighted by molar-refractivity contribution is 6.04. The van der Waals surface area contributed by atoms with Gasteiger partial charge in [-0.3, -0.25) is 9.59 Å². The highest BCUT2D eigenvalue weighted by Crippen LogP contribution is 2.16. The lowest BCUT2D eigenvalue weighted by molar-refractivity contribution is -0.117. The summed E-state index contributed by atoms with van der Waals surface area (Å²) in [6.45, 7) is 8.70. The molecule has 0 atom stereocenters. The number of methoxy groups -OCH3 is 1. The van der Waals surface area contributed by atoms with E-state index in [1.165, 1.54) is 19.3 Å². The zero-order valence-electron chi connectivity index (χ0n) is 23.2. The molecule has 1 aromatic carbocycles. The molecule has 0 spiro atoms. The summed E-state index contributed by atoms with van der Waals surface area (Å²) in [5.41, 5.74) is 11.4. The number of carbonyl (C=O) groups is 3. The van der Waals surface area contributed by atoms with Crippen LogP contribution in [0.1, 0.15) is 50.4 Å². The third-order valence-corrected chi connectivity index (χ3v) is 5.70. The second kappa shape index (κ2) is 15.6. The monoisotopic (exact) mass is 546 g/mol. The van der Waals surface area contributed by atoms with E-state index in [0.29, 0.717) is 12.3 Å². The van der Waals surface area contributed by atoms with E-state index in [-0.39, 0.29) is 48.3 Å². The van der Waals surface area contributed by atoms with Gasteiger partial charge in [0.15, 0.2) is 5.88 Å². The maximum absolute atomic E-state index is 12.6. The van der Waals surface area contributed by atoms with E-state index in [1.54, 1.807) is 24.3 Å². The summed E-state index contributed by atoms with van der Waals surface area (Å²) in [7, 11) is 1.41. The van der Waals surface area contributed by atoms with Crippen molar-refractivity contribution in [2.24, 2.45) is 11.5 Å². The van der Waals surface area contributed by atoms with Crippen LogP contribution in [0.25, 0.3) is 0 Å². The van der Waals surface area contributed by atoms with Crippen molar-refractivity contribution in [2.75, 3.05) is 45.3 Å². The van der Waals surface area contributed by atoms with Gasteiger partial charge in [0.2, 0.25) is 5.91 Å². The molecule has 216 valence electrons. The largest absolute Gasteiger partial charge is 0.483 e. The molecule has 0 radical (unpaired) electrons. The molecule has 1 aromatic rings. The van der Waals surface area contributed by atoms with Gasteiger partial charge >= 0.3 is 6.09 Å². The number of nitrogens with one attached hydrogen (secondary N) is 3. The topological polar surface area (TPSA) is 170 Å². The summed E-state index contributed by atoms with van der Waals surface area (Å²) in [5, 5.41) is 8.22. The number of likely N-dealkylation sites (tertiary alicyclic amines) is 1. The summed E-state index contributed by atoms with van der Waals surface area (Å²) in [4.78, 5) is 39.3. The van der Waals surface area contributed by atoms with E-state index < -0.39 is 11.5 Å². The lowest BCUT2D eigenvalue weighted by atomic mass is 10.1. The number of rotatable bonds is 12. The molecule has 1 aliphatic heterocycles. The number of nitrogens with zero attached hydrogens (tertiary/aromatic N) is 1. The van der Waals surface area contributed by atoms with Gasteiger partial charge in [-0.2, -0.15) is 0 Å². The number of carbonyl (C=O) groups excluding carboxylic acids is 3. The number of hydrogen-bond acceptors (Lipinski definition) is 9. The Labute approximate surface area is 230 Å². The first kappa shape index (κ1) is 31.4. The van der Waals surface area contributed by atoms with Gasteiger partial charge in [-0.05, 0) is 51.8 Å². The van der Waals surface area contributed by atoms with Crippen molar-refractivity contribution in [2.45, 2.75) is 51.7 Å². The van der Waals surface area contributed by atoms with Crippen molar-refractivity contribution in [1.82, 2.24) is 15.5 Å². The molecule has 12 nitrogen and oxygen atoms in total. The third-order valence-electron chi connectivity index (χ3n) is 5.70. The molecule has 1 aliphatic rings. The fourth-order valence-electron chi connectivity index (χ4n) is 3.72. The summed E-state index contributed by atoms with van der Waals surface area (Å²) >= 11 is 0. The molecule has 1 fully saturated rings. The van der Waals surface area contributed by atoms with E-state index in [9.17, 15) is 14.4 Å². The quantitative estimate of drug-likeness (QED) is 0.149. The second-order valence-corrected chi connectivity index (χ2v) is 10.1. The number of benzene rings is 1. The van der Waals surface area contributed by atoms with E-state index in [0.717, 1.165) is 32.5 Å². The van der Waals surface area contributed by atoms with Gasteiger partial charge in [-0.1, -0.05) is 12.1 Å². The lowest BCUT2D eigenvalue weighted by Crippen LogP contribution is -2.46. The minimum absolute atomic E-state index is 0.0676. The summed E-state index contributed by atoms with van der Waals surface area (Å²) in [5.74, 6) is -0.550. The SMILES string of the molecule is CO/C(N)=C/C=C(\N)NC(=O)c1ccccc1NC(=O)CCOCCN1CCC(NC(=O)OC(C)(C)C)CC1. The molecule has 3 amide bonds. The summed E-state index contributed by atoms with van der Waals surface area (Å²) < 4.78 is 15.8. The number of nitrogens with two attached hydrogens (primary N) is 2. The first-order valence-electron chi connectivity index (χ1n) is 12.9. The average Bonchev–Trinajstić information content (AvgIpc) is 2.87. The van der Waals surface area contributed by atoms with Crippen LogP contribution in [0.5, 0.6) is 0 Å². The molecule has 0 aliphatic carbocycles. The molecular weight excluding hydrogens is 504 g/mol. The van der Waals surface area contributed by atoms with Crippen molar-refractivity contribution in [1.29, 1.82) is 0 Å². The van der Waals surface area contributed by atoms with Gasteiger partial charge in [0.05, 0.1) is 38.0 Å². The molecule has 0 unspecified atom stereocenters. The molecule has 0 saturated carbocycles. The van der Waals surface area contributed by atoms with Gasteiger partial charge in [0.1, 0.15) is 11.4 Å². The molecule has 2 rings (SSSR count). The van der Waals surface area contributed by atoms with Gasteiger partial charge in [0.25, 0.3) is 5.91 Å². The predicted octanol–water partition coefficient (Wildman–Crippen LogP) is 2.00. The number of para-hydroxylation sites is 1. The smallest absolute Gasteiger partial charge is 0.407 e. The fourth-order valence-corrected chi connectivity index (χ4v) is 3.72. The normalized spacial score (nSPS) is 15.4. The number of amides is 3. The van der Waals surface area contributed by atoms with E-state index in [4.69, 9.17) is 25.7 Å². The fraction of sp³-hybridized carbons (Fsp3) is 0.519. The Morgan fingerprint density at radius 2 is 1.77 bits per heavy atom. The van der Waals surface area contributed by atoms with Gasteiger partial charge in [-0.25, -0.2) is 4.79 Å². The van der Waals surface area contributed by atoms with Crippen molar-refractivity contribution in [3.63, 3.8) is 0 Å². The first-order chi connectivity index (χ1) is 18.5. The minimum atomic E-state index is -0.513. The highest BCUT2D eigenvalue weighted by atomic mass is 16.6. The zero-order valence-corrected chi connectivity index (χ0v) is 23.2. The van der Waals surface area contributed by atoms with Crippen LogP contribution in [0.4, 0.5) is 10.5 Å². The molecular formula is C27H42N6O6. The average molecular weight is 547 g/mol. The number of anilines is 1. The van der Waals surface area contributed by atoms with E-state index >= 15 is 0 Å². The highest BCUT2D eigenvalue weighted by Gasteiger charge is 2.23. The molecule has 7 N–H and O–H groups in total. The van der Waals surface area contributed by atoms with Crippen molar-refractivity contribution in [3.8, 4) is 0 Å². The van der Waals surface area contributed by atoms with Crippen molar-refractivity contribution in [3.05, 3.63) is 53.7 Å². The molecule has 0 bridgehead atoms. The number of piperidine rings is 1. The molecule has 1 saturated heterocycles. The van der Waals surface area contributed by atoms with Crippen LogP contribution >= 0.6 is 0 Å². The zero-order chi connectivity index (χ0) is 28.8. The van der Waals surface area contributed by atoms with Crippen LogP contribution in [-0.4, -0.2) is 74.4 Å². The van der Waals surface area contributed by atoms with E-state index in [2.05, 4.69) is 20.9 Å². The minimum Gasteiger partial charge on any atom is -0.483 e. The van der Waals surface area contributed by atoms with E-state index in [1.807, 2.05) is 20.8 Å². The Bertz CT molecular complexity index is 1030. The molecule has 1 heterocycles. The Morgan fingerprint density at radius 3 is 2.44 bits per heavy atom. The summed E-state index contributed by atoms with van der Waals surface area (Å²) in [6.07, 6.45) is 4.25. The van der Waals surface area contributed by atoms with Crippen LogP contribution in [-0.2, 0) is 19.0 Å². The Hall–Kier alpha value is -3.77. The molecule has 39 heavy (non-hydrogen) atoms. The standard InChI is InChI=1S/C27H42N6O6/c1-27(2,3)39-26(36)30-19-11-14-33(15-12-19)16-18-38-17-13-24(34)31-21-8-6-5-7-20(21)25(35)32-22(28)9-10-23(29)37-4/h5-10,19H,11-18,28-29H2,1-4H3,(H,30,36)(H,31,34)(H,32,35)/b22-9+,23-10+. The van der Waals surface area contributed by atoms with Crippen molar-refractivity contribution < 1.29 is 28.6 Å². The van der Waals surface area contributed by atoms with Crippen LogP contribution in [0.3, 0.4) is 0 Å². The first-order valence-corrected chi connectivity index (χ1v) is 12.9. The lowest BCUT2D eigenvalue weighted by Gasteiger charge is -2.32. The predicted molar refractivity (Wildman–Crippen MR) is 148 cm³/mol. The second-order valence-electron chi connectivity index (χ2n) is 10.1.